The first-order valence-corrected chi connectivity index (χ1v) is 6.29. The lowest BCUT2D eigenvalue weighted by atomic mass is 10.2. The summed E-state index contributed by atoms with van der Waals surface area (Å²) in [5, 5.41) is 9.19. The van der Waals surface area contributed by atoms with E-state index in [-0.39, 0.29) is 5.69 Å². The van der Waals surface area contributed by atoms with Crippen molar-refractivity contribution < 1.29 is 19.4 Å². The van der Waals surface area contributed by atoms with E-state index in [1.54, 1.807) is 27.7 Å². The van der Waals surface area contributed by atoms with Gasteiger partial charge in [0.1, 0.15) is 5.60 Å². The summed E-state index contributed by atoms with van der Waals surface area (Å²) in [7, 11) is 0. The van der Waals surface area contributed by atoms with Gasteiger partial charge in [-0.25, -0.2) is 9.59 Å². The zero-order valence-corrected chi connectivity index (χ0v) is 12.7. The lowest BCUT2D eigenvalue weighted by Crippen LogP contribution is -2.40. The monoisotopic (exact) mass is 330 g/mol. The number of amides is 2. The Morgan fingerprint density at radius 2 is 1.95 bits per heavy atom. The molecule has 0 saturated heterocycles. The average Bonchev–Trinajstić information content (AvgIpc) is 2.21. The van der Waals surface area contributed by atoms with Crippen LogP contribution >= 0.6 is 15.9 Å². The number of carbonyl (C=O) groups is 2. The van der Waals surface area contributed by atoms with Crippen molar-refractivity contribution in [1.82, 2.24) is 4.98 Å². The van der Waals surface area contributed by atoms with Crippen molar-refractivity contribution >= 4 is 33.8 Å². The van der Waals surface area contributed by atoms with E-state index in [9.17, 15) is 14.7 Å². The summed E-state index contributed by atoms with van der Waals surface area (Å²) >= 11 is 3.24. The van der Waals surface area contributed by atoms with E-state index in [1.165, 1.54) is 12.4 Å². The molecule has 19 heavy (non-hydrogen) atoms. The third-order valence-corrected chi connectivity index (χ3v) is 2.93. The van der Waals surface area contributed by atoms with Gasteiger partial charge >= 0.3 is 12.2 Å². The Hall–Kier alpha value is -1.63. The topological polar surface area (TPSA) is 79.7 Å². The molecule has 0 spiro atoms. The first-order chi connectivity index (χ1) is 8.63. The van der Waals surface area contributed by atoms with Crippen molar-refractivity contribution in [2.24, 2.45) is 0 Å². The number of carbonyl (C=O) groups excluding carboxylic acids is 1. The average molecular weight is 331 g/mol. The van der Waals surface area contributed by atoms with Crippen LogP contribution < -0.4 is 4.90 Å². The highest BCUT2D eigenvalue weighted by Gasteiger charge is 2.30. The molecule has 0 bridgehead atoms. The number of rotatable bonds is 1. The van der Waals surface area contributed by atoms with E-state index in [4.69, 9.17) is 4.74 Å². The maximum Gasteiger partial charge on any atom is 0.424 e. The number of ether oxygens (including phenoxy) is 1. The second-order valence-corrected chi connectivity index (χ2v) is 5.72. The van der Waals surface area contributed by atoms with Crippen molar-refractivity contribution in [3.05, 3.63) is 22.4 Å². The van der Waals surface area contributed by atoms with Crippen LogP contribution in [-0.4, -0.2) is 27.9 Å². The lowest BCUT2D eigenvalue weighted by molar-refractivity contribution is 0.0581. The van der Waals surface area contributed by atoms with Crippen molar-refractivity contribution in [3.63, 3.8) is 0 Å². The molecule has 1 N–H and O–H groups in total. The highest BCUT2D eigenvalue weighted by Crippen LogP contribution is 2.27. The molecule has 2 amide bonds. The summed E-state index contributed by atoms with van der Waals surface area (Å²) < 4.78 is 5.68. The predicted octanol–water partition coefficient (Wildman–Crippen LogP) is 3.57. The Morgan fingerprint density at radius 1 is 1.37 bits per heavy atom. The van der Waals surface area contributed by atoms with Gasteiger partial charge in [0.25, 0.3) is 0 Å². The van der Waals surface area contributed by atoms with Crippen LogP contribution in [0.5, 0.6) is 0 Å². The van der Waals surface area contributed by atoms with Crippen LogP contribution in [-0.2, 0) is 4.74 Å². The minimum Gasteiger partial charge on any atom is -0.464 e. The summed E-state index contributed by atoms with van der Waals surface area (Å²) in [6.07, 6.45) is 0.451. The van der Waals surface area contributed by atoms with Crippen LogP contribution in [0, 0.1) is 6.92 Å². The summed E-state index contributed by atoms with van der Waals surface area (Å²) in [4.78, 5) is 27.6. The summed E-state index contributed by atoms with van der Waals surface area (Å²) in [5.41, 5.74) is -0.0302. The molecular formula is C12H15BrN2O4. The summed E-state index contributed by atoms with van der Waals surface area (Å²) in [6.45, 7) is 6.67. The van der Waals surface area contributed by atoms with Crippen molar-refractivity contribution in [3.8, 4) is 0 Å². The number of anilines is 1. The van der Waals surface area contributed by atoms with Crippen LogP contribution in [0.3, 0.4) is 0 Å². The van der Waals surface area contributed by atoms with Gasteiger partial charge in [0.05, 0.1) is 11.9 Å². The van der Waals surface area contributed by atoms with E-state index < -0.39 is 17.8 Å². The predicted molar refractivity (Wildman–Crippen MR) is 73.4 cm³/mol. The summed E-state index contributed by atoms with van der Waals surface area (Å²) in [5.74, 6) is 0. The Morgan fingerprint density at radius 3 is 2.42 bits per heavy atom. The fourth-order valence-electron chi connectivity index (χ4n) is 1.30. The van der Waals surface area contributed by atoms with Crippen molar-refractivity contribution in [1.29, 1.82) is 0 Å². The van der Waals surface area contributed by atoms with E-state index in [2.05, 4.69) is 20.9 Å². The van der Waals surface area contributed by atoms with Gasteiger partial charge in [0, 0.05) is 10.7 Å². The normalized spacial score (nSPS) is 11.0. The number of pyridine rings is 1. The van der Waals surface area contributed by atoms with Crippen LogP contribution in [0.4, 0.5) is 15.3 Å². The smallest absolute Gasteiger partial charge is 0.424 e. The third-order valence-electron chi connectivity index (χ3n) is 2.14. The fraction of sp³-hybridized carbons (Fsp3) is 0.417. The highest BCUT2D eigenvalue weighted by atomic mass is 79.9. The number of carboxylic acid groups (broad SMARTS) is 1. The maximum absolute atomic E-state index is 11.9. The van der Waals surface area contributed by atoms with Crippen molar-refractivity contribution in [2.75, 3.05) is 4.90 Å². The Kier molecular flexibility index (Phi) is 4.52. The first kappa shape index (κ1) is 15.4. The number of nitrogens with zero attached hydrogens (tertiary/aromatic N) is 2. The Bertz CT molecular complexity index is 511. The molecule has 0 aliphatic carbocycles. The largest absolute Gasteiger partial charge is 0.464 e. The van der Waals surface area contributed by atoms with Gasteiger partial charge in [0.15, 0.2) is 0 Å². The van der Waals surface area contributed by atoms with E-state index in [0.717, 1.165) is 0 Å². The summed E-state index contributed by atoms with van der Waals surface area (Å²) in [6, 6.07) is 0. The standard InChI is InChI=1S/C12H15BrN2O4/c1-7-8(13)5-14-6-9(7)15(10(16)17)11(18)19-12(2,3)4/h5-6H,1-4H3,(H,16,17). The van der Waals surface area contributed by atoms with Crippen molar-refractivity contribution in [2.45, 2.75) is 33.3 Å². The minimum absolute atomic E-state index is 0.163. The van der Waals surface area contributed by atoms with E-state index in [0.29, 0.717) is 14.9 Å². The van der Waals surface area contributed by atoms with Gasteiger partial charge in [0.2, 0.25) is 0 Å². The van der Waals surface area contributed by atoms with Gasteiger partial charge < -0.3 is 9.84 Å². The molecule has 0 aliphatic heterocycles. The van der Waals surface area contributed by atoms with E-state index in [1.807, 2.05) is 0 Å². The maximum atomic E-state index is 11.9. The quantitative estimate of drug-likeness (QED) is 0.851. The Balaban J connectivity index is 3.18. The molecule has 0 radical (unpaired) electrons. The molecule has 1 rings (SSSR count). The third kappa shape index (κ3) is 3.92. The zero-order chi connectivity index (χ0) is 14.8. The molecule has 0 fully saturated rings. The minimum atomic E-state index is -1.42. The molecular weight excluding hydrogens is 316 g/mol. The fourth-order valence-corrected chi connectivity index (χ4v) is 1.62. The molecule has 1 heterocycles. The van der Waals surface area contributed by atoms with Gasteiger partial charge in [-0.1, -0.05) is 0 Å². The number of halogens is 1. The molecule has 0 unspecified atom stereocenters. The second kappa shape index (κ2) is 5.56. The zero-order valence-electron chi connectivity index (χ0n) is 11.1. The molecule has 6 nitrogen and oxygen atoms in total. The van der Waals surface area contributed by atoms with Gasteiger partial charge in [-0.05, 0) is 49.2 Å². The molecule has 1 aromatic rings. The molecule has 1 aromatic heterocycles. The van der Waals surface area contributed by atoms with Crippen LogP contribution in [0.2, 0.25) is 0 Å². The number of hydrogen-bond acceptors (Lipinski definition) is 4. The molecule has 0 aromatic carbocycles. The molecule has 0 aliphatic rings. The number of hydrogen-bond donors (Lipinski definition) is 1. The number of imide groups is 1. The van der Waals surface area contributed by atoms with Gasteiger partial charge in [-0.15, -0.1) is 0 Å². The van der Waals surface area contributed by atoms with Crippen LogP contribution in [0.1, 0.15) is 26.3 Å². The van der Waals surface area contributed by atoms with Gasteiger partial charge in [-0.3, -0.25) is 4.98 Å². The molecule has 0 atom stereocenters. The lowest BCUT2D eigenvalue weighted by Gasteiger charge is -2.25. The second-order valence-electron chi connectivity index (χ2n) is 4.86. The van der Waals surface area contributed by atoms with E-state index >= 15 is 0 Å². The van der Waals surface area contributed by atoms with Crippen LogP contribution in [0.15, 0.2) is 16.9 Å². The van der Waals surface area contributed by atoms with Crippen LogP contribution in [0.25, 0.3) is 0 Å². The molecule has 104 valence electrons. The molecule has 7 heteroatoms. The first-order valence-electron chi connectivity index (χ1n) is 5.49. The number of aromatic nitrogens is 1. The Labute approximate surface area is 119 Å². The molecule has 0 saturated carbocycles. The highest BCUT2D eigenvalue weighted by molar-refractivity contribution is 9.10. The van der Waals surface area contributed by atoms with Gasteiger partial charge in [-0.2, -0.15) is 4.90 Å². The SMILES string of the molecule is Cc1c(Br)cncc1N(C(=O)O)C(=O)OC(C)(C)C.